The van der Waals surface area contributed by atoms with Gasteiger partial charge in [-0.2, -0.15) is 0 Å². The minimum absolute atomic E-state index is 0.157. The van der Waals surface area contributed by atoms with Crippen molar-refractivity contribution in [2.75, 3.05) is 12.9 Å². The number of carboxylic acid groups (broad SMARTS) is 1. The van der Waals surface area contributed by atoms with Crippen LogP contribution in [-0.2, 0) is 13.0 Å². The topological polar surface area (TPSA) is 79.5 Å². The highest BCUT2D eigenvalue weighted by atomic mass is 35.5. The Morgan fingerprint density at radius 2 is 2.00 bits per heavy atom. The summed E-state index contributed by atoms with van der Waals surface area (Å²) in [6.07, 6.45) is 3.79. The van der Waals surface area contributed by atoms with Crippen LogP contribution in [-0.4, -0.2) is 33.6 Å². The first-order valence-corrected chi connectivity index (χ1v) is 9.87. The number of benzene rings is 2. The monoisotopic (exact) mass is 403 g/mol. The van der Waals surface area contributed by atoms with E-state index in [4.69, 9.17) is 11.6 Å². The van der Waals surface area contributed by atoms with Gasteiger partial charge in [0.15, 0.2) is 0 Å². The minimum Gasteiger partial charge on any atom is -0.477 e. The van der Waals surface area contributed by atoms with Crippen LogP contribution >= 0.6 is 23.4 Å². The van der Waals surface area contributed by atoms with E-state index in [1.807, 2.05) is 30.5 Å². The molecule has 0 radical (unpaired) electrons. The number of aromatic nitrogens is 1. The van der Waals surface area contributed by atoms with Crippen LogP contribution in [0.15, 0.2) is 52.3 Å². The smallest absolute Gasteiger partial charge is 0.341 e. The average molecular weight is 404 g/mol. The van der Waals surface area contributed by atoms with E-state index >= 15 is 0 Å². The van der Waals surface area contributed by atoms with E-state index in [-0.39, 0.29) is 18.7 Å². The maximum atomic E-state index is 12.6. The van der Waals surface area contributed by atoms with E-state index in [0.29, 0.717) is 22.3 Å². The van der Waals surface area contributed by atoms with E-state index in [0.717, 1.165) is 16.0 Å². The predicted molar refractivity (Wildman–Crippen MR) is 108 cm³/mol. The number of pyridine rings is 1. The second kappa shape index (κ2) is 8.17. The van der Waals surface area contributed by atoms with Crippen molar-refractivity contribution in [2.45, 2.75) is 17.9 Å². The van der Waals surface area contributed by atoms with Crippen LogP contribution in [0.1, 0.15) is 21.5 Å². The Kier molecular flexibility index (Phi) is 5.89. The van der Waals surface area contributed by atoms with Crippen molar-refractivity contribution in [3.8, 4) is 0 Å². The van der Waals surface area contributed by atoms with Gasteiger partial charge in [-0.25, -0.2) is 4.79 Å². The van der Waals surface area contributed by atoms with Gasteiger partial charge in [0.2, 0.25) is 5.43 Å². The molecule has 0 bridgehead atoms. The molecule has 0 saturated heterocycles. The number of aromatic carboxylic acids is 1. The molecule has 0 fully saturated rings. The molecule has 3 aromatic rings. The van der Waals surface area contributed by atoms with Crippen LogP contribution in [0.5, 0.6) is 0 Å². The fourth-order valence-corrected chi connectivity index (χ4v) is 3.68. The number of nitrogens with zero attached hydrogens (tertiary/aromatic N) is 1. The van der Waals surface area contributed by atoms with E-state index in [2.05, 4.69) is 0 Å². The number of halogens is 1. The lowest BCUT2D eigenvalue weighted by molar-refractivity contribution is 0.0694. The fourth-order valence-electron chi connectivity index (χ4n) is 3.03. The molecule has 0 aliphatic rings. The van der Waals surface area contributed by atoms with E-state index in [1.165, 1.54) is 6.20 Å². The highest BCUT2D eigenvalue weighted by molar-refractivity contribution is 7.98. The Bertz CT molecular complexity index is 1080. The van der Waals surface area contributed by atoms with Gasteiger partial charge in [-0.1, -0.05) is 17.7 Å². The Morgan fingerprint density at radius 1 is 1.22 bits per heavy atom. The molecule has 3 rings (SSSR count). The summed E-state index contributed by atoms with van der Waals surface area (Å²) in [5.74, 6) is -1.28. The first kappa shape index (κ1) is 19.5. The number of thioether (sulfide) groups is 1. The maximum Gasteiger partial charge on any atom is 0.341 e. The van der Waals surface area contributed by atoms with Gasteiger partial charge in [0, 0.05) is 28.0 Å². The molecule has 0 saturated carbocycles. The number of carbonyl (C=O) groups is 1. The highest BCUT2D eigenvalue weighted by Crippen LogP contribution is 2.26. The molecule has 0 spiro atoms. The molecule has 1 aromatic heterocycles. The lowest BCUT2D eigenvalue weighted by Gasteiger charge is -2.13. The van der Waals surface area contributed by atoms with Gasteiger partial charge in [-0.15, -0.1) is 11.8 Å². The number of fused-ring (bicyclic) bond motifs is 1. The SMILES string of the molecule is CSc1ccc(Cl)c(Cc2ccc3c(c2)c(=O)c(C(=O)O)cn3CCO)c1. The summed E-state index contributed by atoms with van der Waals surface area (Å²) in [6.45, 7) is 0.0495. The summed E-state index contributed by atoms with van der Waals surface area (Å²) < 4.78 is 1.59. The number of aliphatic hydroxyl groups is 1. The van der Waals surface area contributed by atoms with Crippen molar-refractivity contribution in [1.82, 2.24) is 4.57 Å². The number of carboxylic acids is 1. The molecular weight excluding hydrogens is 386 g/mol. The van der Waals surface area contributed by atoms with Gasteiger partial charge in [0.25, 0.3) is 0 Å². The third kappa shape index (κ3) is 4.03. The molecule has 140 valence electrons. The first-order valence-electron chi connectivity index (χ1n) is 8.27. The molecule has 0 aliphatic heterocycles. The summed E-state index contributed by atoms with van der Waals surface area (Å²) >= 11 is 7.92. The quantitative estimate of drug-likeness (QED) is 0.614. The maximum absolute atomic E-state index is 12.6. The zero-order chi connectivity index (χ0) is 19.6. The predicted octanol–water partition coefficient (Wildman–Crippen LogP) is 3.66. The van der Waals surface area contributed by atoms with E-state index in [9.17, 15) is 19.8 Å². The molecule has 0 aliphatic carbocycles. The molecular formula is C20H18ClNO4S. The van der Waals surface area contributed by atoms with Gasteiger partial charge in [-0.3, -0.25) is 4.79 Å². The van der Waals surface area contributed by atoms with E-state index < -0.39 is 11.4 Å². The normalized spacial score (nSPS) is 11.1. The van der Waals surface area contributed by atoms with Crippen LogP contribution in [0.4, 0.5) is 0 Å². The number of aliphatic hydroxyl groups excluding tert-OH is 1. The fraction of sp³-hybridized carbons (Fsp3) is 0.200. The molecule has 2 aromatic carbocycles. The molecule has 0 atom stereocenters. The second-order valence-electron chi connectivity index (χ2n) is 6.08. The van der Waals surface area contributed by atoms with Crippen LogP contribution < -0.4 is 5.43 Å². The van der Waals surface area contributed by atoms with Crippen molar-refractivity contribution < 1.29 is 15.0 Å². The van der Waals surface area contributed by atoms with Crippen molar-refractivity contribution in [3.63, 3.8) is 0 Å². The minimum atomic E-state index is -1.28. The second-order valence-corrected chi connectivity index (χ2v) is 7.37. The summed E-state index contributed by atoms with van der Waals surface area (Å²) in [5, 5.41) is 19.5. The molecule has 5 nitrogen and oxygen atoms in total. The summed E-state index contributed by atoms with van der Waals surface area (Å²) in [6, 6.07) is 11.2. The van der Waals surface area contributed by atoms with Crippen molar-refractivity contribution in [3.05, 3.63) is 74.5 Å². The summed E-state index contributed by atoms with van der Waals surface area (Å²) in [4.78, 5) is 25.1. The average Bonchev–Trinajstić information content (AvgIpc) is 2.65. The van der Waals surface area contributed by atoms with Crippen LogP contribution in [0, 0.1) is 0 Å². The van der Waals surface area contributed by atoms with Crippen molar-refractivity contribution in [1.29, 1.82) is 0 Å². The van der Waals surface area contributed by atoms with E-state index in [1.54, 1.807) is 28.5 Å². The largest absolute Gasteiger partial charge is 0.477 e. The summed E-state index contributed by atoms with van der Waals surface area (Å²) in [7, 11) is 0. The van der Waals surface area contributed by atoms with Gasteiger partial charge in [-0.05, 0) is 54.1 Å². The van der Waals surface area contributed by atoms with Crippen LogP contribution in [0.3, 0.4) is 0 Å². The van der Waals surface area contributed by atoms with Crippen molar-refractivity contribution in [2.24, 2.45) is 0 Å². The first-order chi connectivity index (χ1) is 12.9. The number of hydrogen-bond acceptors (Lipinski definition) is 4. The third-order valence-corrected chi connectivity index (χ3v) is 5.46. The molecule has 27 heavy (non-hydrogen) atoms. The molecule has 0 amide bonds. The molecule has 1 heterocycles. The van der Waals surface area contributed by atoms with Crippen molar-refractivity contribution >= 4 is 40.2 Å². The van der Waals surface area contributed by atoms with Gasteiger partial charge in [0.1, 0.15) is 5.56 Å². The highest BCUT2D eigenvalue weighted by Gasteiger charge is 2.15. The van der Waals surface area contributed by atoms with Crippen LogP contribution in [0.25, 0.3) is 10.9 Å². The zero-order valence-corrected chi connectivity index (χ0v) is 16.2. The Morgan fingerprint density at radius 3 is 2.67 bits per heavy atom. The van der Waals surface area contributed by atoms with Crippen LogP contribution in [0.2, 0.25) is 5.02 Å². The number of hydrogen-bond donors (Lipinski definition) is 2. The number of rotatable bonds is 6. The lowest BCUT2D eigenvalue weighted by atomic mass is 10.0. The standard InChI is InChI=1S/C20H18ClNO4S/c1-27-14-3-4-17(21)13(10-14)8-12-2-5-18-15(9-12)19(24)16(20(25)26)11-22(18)6-7-23/h2-5,9-11,23H,6-8H2,1H3,(H,25,26). The Hall–Kier alpha value is -2.28. The summed E-state index contributed by atoms with van der Waals surface area (Å²) in [5.41, 5.74) is 1.55. The van der Waals surface area contributed by atoms with Gasteiger partial charge >= 0.3 is 5.97 Å². The lowest BCUT2D eigenvalue weighted by Crippen LogP contribution is -2.19. The molecule has 7 heteroatoms. The Labute approximate surface area is 165 Å². The third-order valence-electron chi connectivity index (χ3n) is 4.36. The zero-order valence-electron chi connectivity index (χ0n) is 14.6. The molecule has 2 N–H and O–H groups in total. The molecule has 0 unspecified atom stereocenters. The van der Waals surface area contributed by atoms with Gasteiger partial charge < -0.3 is 14.8 Å². The Balaban J connectivity index is 2.13. The van der Waals surface area contributed by atoms with Gasteiger partial charge in [0.05, 0.1) is 12.1 Å².